The number of carboxylic acids is 1. The number of nitrogens with zero attached hydrogens (tertiary/aromatic N) is 1. The molecule has 9 heteroatoms. The molecule has 0 aliphatic carbocycles. The van der Waals surface area contributed by atoms with Gasteiger partial charge in [-0.15, -0.1) is 0 Å². The molecule has 0 saturated heterocycles. The molecule has 19 heavy (non-hydrogen) atoms. The molecule has 0 fully saturated rings. The Bertz CT molecular complexity index is 368. The average Bonchev–Trinajstić information content (AvgIpc) is 2.31. The van der Waals surface area contributed by atoms with Crippen molar-refractivity contribution < 1.29 is 29.4 Å². The quantitative estimate of drug-likeness (QED) is 0.394. The molecule has 0 bridgehead atoms. The fraction of sp³-hybridized carbons (Fsp3) is 0.600. The van der Waals surface area contributed by atoms with Gasteiger partial charge >= 0.3 is 5.97 Å². The molecule has 1 atom stereocenters. The maximum Gasteiger partial charge on any atom is 0.323 e. The van der Waals surface area contributed by atoms with Gasteiger partial charge in [0.15, 0.2) is 0 Å². The number of rotatable bonds is 7. The molecule has 0 aromatic rings. The van der Waals surface area contributed by atoms with Crippen LogP contribution in [0.2, 0.25) is 0 Å². The van der Waals surface area contributed by atoms with Crippen molar-refractivity contribution in [2.45, 2.75) is 19.4 Å². The first-order valence-electron chi connectivity index (χ1n) is 5.47. The van der Waals surface area contributed by atoms with E-state index >= 15 is 0 Å². The summed E-state index contributed by atoms with van der Waals surface area (Å²) in [5.41, 5.74) is 5.05. The summed E-state index contributed by atoms with van der Waals surface area (Å²) in [6.07, 6.45) is -1.06. The molecule has 0 saturated carbocycles. The van der Waals surface area contributed by atoms with E-state index in [-0.39, 0.29) is 6.42 Å². The lowest BCUT2D eigenvalue weighted by atomic mass is 10.3. The van der Waals surface area contributed by atoms with E-state index < -0.39 is 49.4 Å². The molecule has 1 unspecified atom stereocenters. The lowest BCUT2D eigenvalue weighted by molar-refractivity contribution is -0.152. The first-order valence-corrected chi connectivity index (χ1v) is 5.47. The second-order valence-electron chi connectivity index (χ2n) is 3.80. The number of nitrogens with one attached hydrogen (secondary N) is 1. The summed E-state index contributed by atoms with van der Waals surface area (Å²) in [6, 6.07) is 0. The molecule has 0 heterocycles. The minimum Gasteiger partial charge on any atom is -0.480 e. The summed E-state index contributed by atoms with van der Waals surface area (Å²) in [4.78, 5) is 45.0. The van der Waals surface area contributed by atoms with Crippen LogP contribution in [0.15, 0.2) is 0 Å². The zero-order valence-corrected chi connectivity index (χ0v) is 10.5. The highest BCUT2D eigenvalue weighted by molar-refractivity contribution is 6.00. The summed E-state index contributed by atoms with van der Waals surface area (Å²) >= 11 is 0. The van der Waals surface area contributed by atoms with Crippen LogP contribution in [0, 0.1) is 0 Å². The van der Waals surface area contributed by atoms with Crippen LogP contribution in [0.4, 0.5) is 0 Å². The first kappa shape index (κ1) is 17.0. The third kappa shape index (κ3) is 7.11. The third-order valence-corrected chi connectivity index (χ3v) is 1.99. The van der Waals surface area contributed by atoms with Gasteiger partial charge in [0, 0.05) is 0 Å². The van der Waals surface area contributed by atoms with Gasteiger partial charge in [0.2, 0.25) is 17.7 Å². The number of carbonyl (C=O) groups is 4. The van der Waals surface area contributed by atoms with Gasteiger partial charge in [-0.2, -0.15) is 0 Å². The summed E-state index contributed by atoms with van der Waals surface area (Å²) in [5, 5.41) is 19.7. The monoisotopic (exact) mass is 275 g/mol. The fourth-order valence-corrected chi connectivity index (χ4v) is 1.17. The Morgan fingerprint density at radius 2 is 1.84 bits per heavy atom. The van der Waals surface area contributed by atoms with Crippen molar-refractivity contribution in [1.82, 2.24) is 10.2 Å². The van der Waals surface area contributed by atoms with Crippen LogP contribution in [0.3, 0.4) is 0 Å². The number of nitrogens with two attached hydrogens (primary N) is 1. The summed E-state index contributed by atoms with van der Waals surface area (Å²) < 4.78 is 0. The number of aliphatic hydroxyl groups excluding tert-OH is 1. The van der Waals surface area contributed by atoms with Gasteiger partial charge in [-0.05, 0) is 6.92 Å². The van der Waals surface area contributed by atoms with Crippen molar-refractivity contribution in [1.29, 1.82) is 0 Å². The van der Waals surface area contributed by atoms with E-state index in [0.29, 0.717) is 4.90 Å². The number of aliphatic hydroxyl groups is 1. The highest BCUT2D eigenvalue weighted by Gasteiger charge is 2.23. The molecule has 0 spiro atoms. The van der Waals surface area contributed by atoms with E-state index in [9.17, 15) is 19.2 Å². The van der Waals surface area contributed by atoms with Crippen molar-refractivity contribution in [2.24, 2.45) is 5.73 Å². The van der Waals surface area contributed by atoms with Crippen LogP contribution < -0.4 is 11.1 Å². The average molecular weight is 275 g/mol. The third-order valence-electron chi connectivity index (χ3n) is 1.99. The minimum atomic E-state index is -1.37. The molecule has 0 radical (unpaired) electrons. The van der Waals surface area contributed by atoms with E-state index in [4.69, 9.17) is 15.9 Å². The first-order chi connectivity index (χ1) is 8.77. The summed E-state index contributed by atoms with van der Waals surface area (Å²) in [5.74, 6) is -3.68. The second kappa shape index (κ2) is 8.16. The molecule has 3 amide bonds. The van der Waals surface area contributed by atoms with Gasteiger partial charge in [-0.25, -0.2) is 0 Å². The molecule has 5 N–H and O–H groups in total. The Labute approximate surface area is 109 Å². The largest absolute Gasteiger partial charge is 0.480 e. The molecule has 0 aliphatic rings. The maximum absolute atomic E-state index is 11.6. The molecule has 0 rings (SSSR count). The van der Waals surface area contributed by atoms with Crippen molar-refractivity contribution in [2.75, 3.05) is 19.6 Å². The van der Waals surface area contributed by atoms with Crippen molar-refractivity contribution in [3.05, 3.63) is 0 Å². The molecule has 0 aliphatic heterocycles. The standard InChI is InChI=1S/C10H17N3O6/c1-6(14)2-7(15)12-4-9(17)13(5-10(18)19)8(16)3-11/h6,14H,2-5,11H2,1H3,(H,12,15)(H,18,19). The number of amides is 3. The van der Waals surface area contributed by atoms with Crippen LogP contribution in [0.25, 0.3) is 0 Å². The SMILES string of the molecule is CC(O)CC(=O)NCC(=O)N(CC(=O)O)C(=O)CN. The number of carboxylic acid groups (broad SMARTS) is 1. The lowest BCUT2D eigenvalue weighted by Gasteiger charge is -2.18. The zero-order valence-electron chi connectivity index (χ0n) is 10.5. The lowest BCUT2D eigenvalue weighted by Crippen LogP contribution is -2.48. The Morgan fingerprint density at radius 1 is 1.26 bits per heavy atom. The normalized spacial score (nSPS) is 11.5. The van der Waals surface area contributed by atoms with Crippen LogP contribution in [0.5, 0.6) is 0 Å². The van der Waals surface area contributed by atoms with Crippen molar-refractivity contribution in [3.8, 4) is 0 Å². The van der Waals surface area contributed by atoms with Gasteiger partial charge in [0.1, 0.15) is 6.54 Å². The van der Waals surface area contributed by atoms with Crippen molar-refractivity contribution in [3.63, 3.8) is 0 Å². The molecular weight excluding hydrogens is 258 g/mol. The fourth-order valence-electron chi connectivity index (χ4n) is 1.17. The van der Waals surface area contributed by atoms with Crippen LogP contribution in [-0.2, 0) is 19.2 Å². The van der Waals surface area contributed by atoms with Gasteiger partial charge < -0.3 is 21.3 Å². The number of imide groups is 1. The Kier molecular flexibility index (Phi) is 7.30. The highest BCUT2D eigenvalue weighted by atomic mass is 16.4. The summed E-state index contributed by atoms with van der Waals surface area (Å²) in [7, 11) is 0. The minimum absolute atomic E-state index is 0.197. The van der Waals surface area contributed by atoms with Crippen LogP contribution >= 0.6 is 0 Å². The topological polar surface area (TPSA) is 150 Å². The molecular formula is C10H17N3O6. The number of hydrogen-bond donors (Lipinski definition) is 4. The van der Waals surface area contributed by atoms with E-state index in [0.717, 1.165) is 0 Å². The zero-order chi connectivity index (χ0) is 15.0. The molecule has 0 aromatic carbocycles. The highest BCUT2D eigenvalue weighted by Crippen LogP contribution is 1.92. The van der Waals surface area contributed by atoms with Crippen LogP contribution in [-0.4, -0.2) is 64.5 Å². The molecule has 9 nitrogen and oxygen atoms in total. The summed E-state index contributed by atoms with van der Waals surface area (Å²) in [6.45, 7) is -0.470. The Morgan fingerprint density at radius 3 is 2.26 bits per heavy atom. The number of hydrogen-bond acceptors (Lipinski definition) is 6. The van der Waals surface area contributed by atoms with Gasteiger partial charge in [0.25, 0.3) is 0 Å². The number of carbonyl (C=O) groups excluding carboxylic acids is 3. The molecule has 0 aromatic heterocycles. The smallest absolute Gasteiger partial charge is 0.323 e. The van der Waals surface area contributed by atoms with Crippen molar-refractivity contribution >= 4 is 23.7 Å². The van der Waals surface area contributed by atoms with Gasteiger partial charge in [-0.3, -0.25) is 24.1 Å². The Balaban J connectivity index is 4.44. The molecule has 108 valence electrons. The van der Waals surface area contributed by atoms with E-state index in [2.05, 4.69) is 5.32 Å². The maximum atomic E-state index is 11.6. The number of aliphatic carboxylic acids is 1. The predicted octanol–water partition coefficient (Wildman–Crippen LogP) is -2.73. The Hall–Kier alpha value is -2.00. The van der Waals surface area contributed by atoms with E-state index in [1.165, 1.54) is 6.92 Å². The second-order valence-corrected chi connectivity index (χ2v) is 3.80. The van der Waals surface area contributed by atoms with E-state index in [1.807, 2.05) is 0 Å². The van der Waals surface area contributed by atoms with Crippen LogP contribution in [0.1, 0.15) is 13.3 Å². The van der Waals surface area contributed by atoms with Gasteiger partial charge in [-0.1, -0.05) is 0 Å². The van der Waals surface area contributed by atoms with Gasteiger partial charge in [0.05, 0.1) is 25.6 Å². The van der Waals surface area contributed by atoms with E-state index in [1.54, 1.807) is 0 Å². The predicted molar refractivity (Wildman–Crippen MR) is 62.7 cm³/mol.